The molecule has 0 N–H and O–H groups in total. The molecule has 0 radical (unpaired) electrons. The number of halogens is 1. The summed E-state index contributed by atoms with van der Waals surface area (Å²) in [4.78, 5) is 0. The predicted octanol–water partition coefficient (Wildman–Crippen LogP) is 3.77. The monoisotopic (exact) mass is 228 g/mol. The molecule has 2 atom stereocenters. The molecule has 1 saturated heterocycles. The maximum atomic E-state index is 6.30. The van der Waals surface area contributed by atoms with E-state index in [0.717, 1.165) is 19.6 Å². The molecule has 0 aromatic carbocycles. The van der Waals surface area contributed by atoms with E-state index in [0.29, 0.717) is 11.3 Å². The quantitative estimate of drug-likeness (QED) is 0.491. The fraction of sp³-hybridized carbons (Fsp3) is 0.846. The van der Waals surface area contributed by atoms with Gasteiger partial charge in [-0.15, -0.1) is 11.6 Å². The number of allylic oxidation sites excluding steroid dienone is 1. The Labute approximate surface area is 97.8 Å². The second-order valence-corrected chi connectivity index (χ2v) is 6.28. The normalized spacial score (nSPS) is 36.1. The van der Waals surface area contributed by atoms with Crippen LogP contribution in [0, 0.1) is 11.3 Å². The molecular weight excluding hydrogens is 208 g/mol. The van der Waals surface area contributed by atoms with Crippen LogP contribution in [0.25, 0.3) is 0 Å². The van der Waals surface area contributed by atoms with Crippen LogP contribution in [0.1, 0.15) is 39.5 Å². The van der Waals surface area contributed by atoms with Crippen LogP contribution in [0.5, 0.6) is 0 Å². The Hall–Kier alpha value is -0.0100. The molecule has 0 amide bonds. The number of alkyl halides is 1. The second kappa shape index (κ2) is 4.47. The average molecular weight is 229 g/mol. The zero-order valence-corrected chi connectivity index (χ0v) is 10.5. The van der Waals surface area contributed by atoms with Crippen LogP contribution in [0.15, 0.2) is 11.6 Å². The Kier molecular flexibility index (Phi) is 3.42. The zero-order chi connectivity index (χ0) is 10.9. The fourth-order valence-corrected chi connectivity index (χ4v) is 3.40. The molecule has 2 unspecified atom stereocenters. The summed E-state index contributed by atoms with van der Waals surface area (Å²) in [6.07, 6.45) is 7.07. The zero-order valence-electron chi connectivity index (χ0n) is 9.76. The largest absolute Gasteiger partial charge is 0.381 e. The Bertz CT molecular complexity index is 251. The first kappa shape index (κ1) is 11.5. The number of hydrogen-bond donors (Lipinski definition) is 0. The van der Waals surface area contributed by atoms with E-state index < -0.39 is 0 Å². The molecule has 2 rings (SSSR count). The minimum atomic E-state index is 0.227. The molecular formula is C13H21ClO. The third kappa shape index (κ3) is 2.98. The molecule has 15 heavy (non-hydrogen) atoms. The standard InChI is InChI=1S/C13H21ClO/c1-13(2)7-11(6-12(14)8-13)10-4-3-5-15-9-10/h6,10,12H,3-5,7-9H2,1-2H3. The van der Waals surface area contributed by atoms with E-state index in [1.807, 2.05) is 0 Å². The second-order valence-electron chi connectivity index (χ2n) is 5.72. The third-order valence-electron chi connectivity index (χ3n) is 3.51. The van der Waals surface area contributed by atoms with Crippen molar-refractivity contribution in [2.45, 2.75) is 44.9 Å². The number of ether oxygens (including phenoxy) is 1. The molecule has 1 heterocycles. The third-order valence-corrected chi connectivity index (χ3v) is 3.79. The average Bonchev–Trinajstić information content (AvgIpc) is 2.16. The summed E-state index contributed by atoms with van der Waals surface area (Å²) < 4.78 is 5.55. The van der Waals surface area contributed by atoms with E-state index in [4.69, 9.17) is 16.3 Å². The minimum Gasteiger partial charge on any atom is -0.381 e. The summed E-state index contributed by atoms with van der Waals surface area (Å²) in [5.74, 6) is 0.638. The van der Waals surface area contributed by atoms with Gasteiger partial charge >= 0.3 is 0 Å². The van der Waals surface area contributed by atoms with Crippen LogP contribution in [-0.2, 0) is 4.74 Å². The Morgan fingerprint density at radius 2 is 2.27 bits per heavy atom. The molecule has 0 aromatic rings. The Morgan fingerprint density at radius 3 is 2.87 bits per heavy atom. The summed E-state index contributed by atoms with van der Waals surface area (Å²) in [5.41, 5.74) is 1.92. The van der Waals surface area contributed by atoms with Crippen molar-refractivity contribution < 1.29 is 4.74 Å². The van der Waals surface area contributed by atoms with Crippen molar-refractivity contribution >= 4 is 11.6 Å². The smallest absolute Gasteiger partial charge is 0.0531 e. The van der Waals surface area contributed by atoms with Crippen molar-refractivity contribution in [2.24, 2.45) is 11.3 Å². The summed E-state index contributed by atoms with van der Waals surface area (Å²) in [6.45, 7) is 6.49. The van der Waals surface area contributed by atoms with Gasteiger partial charge in [-0.1, -0.05) is 25.5 Å². The van der Waals surface area contributed by atoms with Gasteiger partial charge in [0.2, 0.25) is 0 Å². The van der Waals surface area contributed by atoms with Gasteiger partial charge in [0.15, 0.2) is 0 Å². The van der Waals surface area contributed by atoms with Crippen molar-refractivity contribution in [1.82, 2.24) is 0 Å². The topological polar surface area (TPSA) is 9.23 Å². The van der Waals surface area contributed by atoms with Crippen molar-refractivity contribution in [1.29, 1.82) is 0 Å². The molecule has 0 spiro atoms. The highest BCUT2D eigenvalue weighted by atomic mass is 35.5. The van der Waals surface area contributed by atoms with Gasteiger partial charge in [-0.05, 0) is 31.1 Å². The summed E-state index contributed by atoms with van der Waals surface area (Å²) in [7, 11) is 0. The van der Waals surface area contributed by atoms with Crippen molar-refractivity contribution in [3.8, 4) is 0 Å². The fourth-order valence-electron chi connectivity index (χ4n) is 2.82. The predicted molar refractivity (Wildman–Crippen MR) is 64.3 cm³/mol. The van der Waals surface area contributed by atoms with E-state index >= 15 is 0 Å². The van der Waals surface area contributed by atoms with Crippen LogP contribution in [0.4, 0.5) is 0 Å². The van der Waals surface area contributed by atoms with Crippen molar-refractivity contribution in [3.63, 3.8) is 0 Å². The highest BCUT2D eigenvalue weighted by molar-refractivity contribution is 6.21. The summed E-state index contributed by atoms with van der Waals surface area (Å²) >= 11 is 6.30. The van der Waals surface area contributed by atoms with Crippen LogP contribution in [0.2, 0.25) is 0 Å². The number of rotatable bonds is 1. The van der Waals surface area contributed by atoms with Crippen LogP contribution < -0.4 is 0 Å². The van der Waals surface area contributed by atoms with Gasteiger partial charge in [-0.3, -0.25) is 0 Å². The van der Waals surface area contributed by atoms with Crippen LogP contribution >= 0.6 is 11.6 Å². The van der Waals surface area contributed by atoms with Crippen molar-refractivity contribution in [2.75, 3.05) is 13.2 Å². The van der Waals surface area contributed by atoms with Crippen LogP contribution in [0.3, 0.4) is 0 Å². The van der Waals surface area contributed by atoms with E-state index in [9.17, 15) is 0 Å². The SMILES string of the molecule is CC1(C)CC(C2CCCOC2)=CC(Cl)C1. The molecule has 1 aliphatic carbocycles. The lowest BCUT2D eigenvalue weighted by molar-refractivity contribution is 0.0632. The highest BCUT2D eigenvalue weighted by Crippen LogP contribution is 2.41. The molecule has 1 fully saturated rings. The molecule has 2 aliphatic rings. The van der Waals surface area contributed by atoms with E-state index in [1.54, 1.807) is 5.57 Å². The molecule has 1 aliphatic heterocycles. The van der Waals surface area contributed by atoms with Gasteiger partial charge in [0.25, 0.3) is 0 Å². The van der Waals surface area contributed by atoms with Crippen molar-refractivity contribution in [3.05, 3.63) is 11.6 Å². The molecule has 86 valence electrons. The number of hydrogen-bond acceptors (Lipinski definition) is 1. The van der Waals surface area contributed by atoms with Gasteiger partial charge in [0.1, 0.15) is 0 Å². The Morgan fingerprint density at radius 1 is 1.47 bits per heavy atom. The molecule has 0 aromatic heterocycles. The molecule has 0 bridgehead atoms. The van der Waals surface area contributed by atoms with Gasteiger partial charge in [0.05, 0.1) is 12.0 Å². The Balaban J connectivity index is 2.07. The molecule has 0 saturated carbocycles. The minimum absolute atomic E-state index is 0.227. The first-order valence-electron chi connectivity index (χ1n) is 5.99. The summed E-state index contributed by atoms with van der Waals surface area (Å²) in [6, 6.07) is 0. The van der Waals surface area contributed by atoms with Gasteiger partial charge in [-0.25, -0.2) is 0 Å². The highest BCUT2D eigenvalue weighted by Gasteiger charge is 2.31. The maximum absolute atomic E-state index is 6.30. The molecule has 2 heteroatoms. The first-order valence-corrected chi connectivity index (χ1v) is 6.43. The van der Waals surface area contributed by atoms with E-state index in [2.05, 4.69) is 19.9 Å². The van der Waals surface area contributed by atoms with E-state index in [1.165, 1.54) is 19.3 Å². The van der Waals surface area contributed by atoms with Crippen LogP contribution in [-0.4, -0.2) is 18.6 Å². The molecule has 1 nitrogen and oxygen atoms in total. The van der Waals surface area contributed by atoms with Gasteiger partial charge < -0.3 is 4.74 Å². The van der Waals surface area contributed by atoms with Gasteiger partial charge in [-0.2, -0.15) is 0 Å². The van der Waals surface area contributed by atoms with E-state index in [-0.39, 0.29) is 5.38 Å². The maximum Gasteiger partial charge on any atom is 0.0531 e. The first-order chi connectivity index (χ1) is 7.07. The van der Waals surface area contributed by atoms with Gasteiger partial charge in [0, 0.05) is 12.5 Å². The lowest BCUT2D eigenvalue weighted by Gasteiger charge is -2.36. The summed E-state index contributed by atoms with van der Waals surface area (Å²) in [5, 5.41) is 0.227. The lowest BCUT2D eigenvalue weighted by Crippen LogP contribution is -2.28. The lowest BCUT2D eigenvalue weighted by atomic mass is 9.73.